The lowest BCUT2D eigenvalue weighted by molar-refractivity contribution is 0.677. The standard InChI is InChI=1S/C17H22NPS/c1-13(2)20-16-10-8-15(9-11-16)17(19)18-12-14-6-4-3-5-7-14/h3-11,13,17-18H,12,19H2,1-2H3. The predicted molar refractivity (Wildman–Crippen MR) is 93.2 cm³/mol. The molecule has 0 aliphatic carbocycles. The lowest BCUT2D eigenvalue weighted by Gasteiger charge is -2.15. The molecule has 0 radical (unpaired) electrons. The lowest BCUT2D eigenvalue weighted by Crippen LogP contribution is -2.15. The van der Waals surface area contributed by atoms with Gasteiger partial charge in [-0.1, -0.05) is 56.3 Å². The molecule has 0 aliphatic heterocycles. The SMILES string of the molecule is CC(C)Sc1ccc(C(P)NCc2ccccc2)cc1. The van der Waals surface area contributed by atoms with E-state index in [0.717, 1.165) is 6.54 Å². The van der Waals surface area contributed by atoms with Crippen molar-refractivity contribution < 1.29 is 0 Å². The fraction of sp³-hybridized carbons (Fsp3) is 0.294. The molecule has 20 heavy (non-hydrogen) atoms. The molecule has 2 unspecified atom stereocenters. The molecule has 0 spiro atoms. The second-order valence-electron chi connectivity index (χ2n) is 5.08. The molecule has 0 aromatic heterocycles. The minimum atomic E-state index is 0.285. The summed E-state index contributed by atoms with van der Waals surface area (Å²) in [6.45, 7) is 5.33. The zero-order chi connectivity index (χ0) is 14.4. The highest BCUT2D eigenvalue weighted by atomic mass is 32.2. The maximum atomic E-state index is 3.53. The second-order valence-corrected chi connectivity index (χ2v) is 7.40. The Labute approximate surface area is 128 Å². The molecule has 0 bridgehead atoms. The van der Waals surface area contributed by atoms with Gasteiger partial charge in [0, 0.05) is 22.5 Å². The Morgan fingerprint density at radius 1 is 1.00 bits per heavy atom. The first kappa shape index (κ1) is 15.6. The second kappa shape index (κ2) is 7.83. The molecule has 0 saturated carbocycles. The number of rotatable bonds is 6. The van der Waals surface area contributed by atoms with Gasteiger partial charge in [-0.25, -0.2) is 0 Å². The van der Waals surface area contributed by atoms with Crippen molar-refractivity contribution in [2.75, 3.05) is 0 Å². The molecular weight excluding hydrogens is 281 g/mol. The van der Waals surface area contributed by atoms with Gasteiger partial charge in [0.05, 0.1) is 0 Å². The van der Waals surface area contributed by atoms with Crippen LogP contribution in [-0.2, 0) is 6.54 Å². The molecule has 2 aromatic rings. The summed E-state index contributed by atoms with van der Waals surface area (Å²) in [5.74, 6) is 0.285. The highest BCUT2D eigenvalue weighted by Gasteiger charge is 2.05. The molecule has 106 valence electrons. The molecule has 1 N–H and O–H groups in total. The average molecular weight is 303 g/mol. The minimum absolute atomic E-state index is 0.285. The summed E-state index contributed by atoms with van der Waals surface area (Å²) >= 11 is 1.90. The van der Waals surface area contributed by atoms with Gasteiger partial charge < -0.3 is 5.32 Å². The smallest absolute Gasteiger partial charge is 0.0466 e. The Kier molecular flexibility index (Phi) is 6.09. The molecule has 1 nitrogen and oxygen atoms in total. The van der Waals surface area contributed by atoms with Crippen molar-refractivity contribution in [1.82, 2.24) is 5.32 Å². The Hall–Kier alpha value is -0.820. The van der Waals surface area contributed by atoms with Gasteiger partial charge >= 0.3 is 0 Å². The van der Waals surface area contributed by atoms with Gasteiger partial charge in [0.15, 0.2) is 0 Å². The van der Waals surface area contributed by atoms with Crippen LogP contribution in [0, 0.1) is 0 Å². The Balaban J connectivity index is 1.90. The van der Waals surface area contributed by atoms with Crippen molar-refractivity contribution >= 4 is 21.0 Å². The van der Waals surface area contributed by atoms with E-state index in [9.17, 15) is 0 Å². The molecule has 0 aliphatic rings. The van der Waals surface area contributed by atoms with Crippen LogP contribution in [0.4, 0.5) is 0 Å². The first-order valence-corrected chi connectivity index (χ1v) is 8.49. The van der Waals surface area contributed by atoms with Crippen LogP contribution in [0.15, 0.2) is 59.5 Å². The summed E-state index contributed by atoms with van der Waals surface area (Å²) in [4.78, 5) is 1.34. The van der Waals surface area contributed by atoms with Crippen LogP contribution in [0.3, 0.4) is 0 Å². The van der Waals surface area contributed by atoms with Crippen molar-refractivity contribution in [3.05, 3.63) is 65.7 Å². The van der Waals surface area contributed by atoms with Crippen molar-refractivity contribution in [2.24, 2.45) is 0 Å². The maximum Gasteiger partial charge on any atom is 0.0466 e. The van der Waals surface area contributed by atoms with Crippen molar-refractivity contribution in [1.29, 1.82) is 0 Å². The van der Waals surface area contributed by atoms with E-state index in [0.29, 0.717) is 5.25 Å². The average Bonchev–Trinajstić information content (AvgIpc) is 2.46. The summed E-state index contributed by atoms with van der Waals surface area (Å²) in [5.41, 5.74) is 2.62. The minimum Gasteiger partial charge on any atom is -0.303 e. The summed E-state index contributed by atoms with van der Waals surface area (Å²) in [6, 6.07) is 19.3. The molecule has 2 rings (SSSR count). The maximum absolute atomic E-state index is 3.53. The topological polar surface area (TPSA) is 12.0 Å². The molecule has 0 saturated heterocycles. The summed E-state index contributed by atoms with van der Waals surface area (Å²) in [7, 11) is 2.88. The number of hydrogen-bond donors (Lipinski definition) is 1. The lowest BCUT2D eigenvalue weighted by atomic mass is 10.2. The fourth-order valence-electron chi connectivity index (χ4n) is 1.97. The van der Waals surface area contributed by atoms with Crippen molar-refractivity contribution in [2.45, 2.75) is 36.3 Å². The van der Waals surface area contributed by atoms with E-state index < -0.39 is 0 Å². The number of thioether (sulfide) groups is 1. The summed E-state index contributed by atoms with van der Waals surface area (Å²) in [6.07, 6.45) is 0. The Bertz CT molecular complexity index is 510. The van der Waals surface area contributed by atoms with Crippen LogP contribution in [0.2, 0.25) is 0 Å². The summed E-state index contributed by atoms with van der Waals surface area (Å²) < 4.78 is 0. The third-order valence-electron chi connectivity index (χ3n) is 2.98. The first-order chi connectivity index (χ1) is 9.65. The van der Waals surface area contributed by atoms with E-state index in [1.54, 1.807) is 0 Å². The zero-order valence-electron chi connectivity index (χ0n) is 12.0. The first-order valence-electron chi connectivity index (χ1n) is 6.94. The van der Waals surface area contributed by atoms with Crippen LogP contribution >= 0.6 is 21.0 Å². The van der Waals surface area contributed by atoms with Gasteiger partial charge in [-0.05, 0) is 23.3 Å². The van der Waals surface area contributed by atoms with E-state index in [1.165, 1.54) is 16.0 Å². The molecule has 0 fully saturated rings. The largest absolute Gasteiger partial charge is 0.303 e. The predicted octanol–water partition coefficient (Wildman–Crippen LogP) is 4.85. The van der Waals surface area contributed by atoms with Gasteiger partial charge in [-0.15, -0.1) is 21.0 Å². The van der Waals surface area contributed by atoms with Gasteiger partial charge in [0.25, 0.3) is 0 Å². The van der Waals surface area contributed by atoms with E-state index in [-0.39, 0.29) is 5.78 Å². The monoisotopic (exact) mass is 303 g/mol. The Morgan fingerprint density at radius 3 is 2.25 bits per heavy atom. The van der Waals surface area contributed by atoms with E-state index in [1.807, 2.05) is 17.8 Å². The quantitative estimate of drug-likeness (QED) is 0.605. The van der Waals surface area contributed by atoms with Gasteiger partial charge in [-0.2, -0.15) is 0 Å². The van der Waals surface area contributed by atoms with Crippen molar-refractivity contribution in [3.63, 3.8) is 0 Å². The van der Waals surface area contributed by atoms with Crippen LogP contribution in [0.25, 0.3) is 0 Å². The summed E-state index contributed by atoms with van der Waals surface area (Å²) in [5, 5.41) is 4.16. The van der Waals surface area contributed by atoms with Crippen molar-refractivity contribution in [3.8, 4) is 0 Å². The van der Waals surface area contributed by atoms with Gasteiger partial charge in [0.2, 0.25) is 0 Å². The molecule has 0 heterocycles. The highest BCUT2D eigenvalue weighted by Crippen LogP contribution is 2.26. The van der Waals surface area contributed by atoms with Crippen LogP contribution < -0.4 is 5.32 Å². The highest BCUT2D eigenvalue weighted by molar-refractivity contribution is 7.99. The molecular formula is C17H22NPS. The number of nitrogens with one attached hydrogen (secondary N) is 1. The van der Waals surface area contributed by atoms with Gasteiger partial charge in [-0.3, -0.25) is 0 Å². The molecule has 0 amide bonds. The Morgan fingerprint density at radius 2 is 1.65 bits per heavy atom. The number of hydrogen-bond acceptors (Lipinski definition) is 2. The number of benzene rings is 2. The third kappa shape index (κ3) is 4.94. The van der Waals surface area contributed by atoms with Crippen LogP contribution in [-0.4, -0.2) is 5.25 Å². The van der Waals surface area contributed by atoms with E-state index in [2.05, 4.69) is 76.9 Å². The van der Waals surface area contributed by atoms with Crippen LogP contribution in [0.1, 0.15) is 30.8 Å². The van der Waals surface area contributed by atoms with E-state index in [4.69, 9.17) is 0 Å². The normalized spacial score (nSPS) is 12.6. The third-order valence-corrected chi connectivity index (χ3v) is 4.62. The zero-order valence-corrected chi connectivity index (χ0v) is 14.0. The van der Waals surface area contributed by atoms with Gasteiger partial charge in [0.1, 0.15) is 0 Å². The molecule has 2 aromatic carbocycles. The van der Waals surface area contributed by atoms with Crippen LogP contribution in [0.5, 0.6) is 0 Å². The van der Waals surface area contributed by atoms with E-state index >= 15 is 0 Å². The molecule has 3 heteroatoms. The fourth-order valence-corrected chi connectivity index (χ4v) is 3.15. The molecule has 2 atom stereocenters.